The first-order valence-electron chi connectivity index (χ1n) is 6.25. The van der Waals surface area contributed by atoms with Crippen LogP contribution in [0.1, 0.15) is 19.2 Å². The minimum absolute atomic E-state index is 0. The zero-order valence-corrected chi connectivity index (χ0v) is 13.7. The van der Waals surface area contributed by atoms with Gasteiger partial charge in [-0.05, 0) is 6.42 Å². The number of carboxylic acid groups (broad SMARTS) is 1. The number of carbonyl (C=O) groups excluding carboxylic acids is 1. The maximum atomic E-state index is 11.5. The summed E-state index contributed by atoms with van der Waals surface area (Å²) in [5.74, 6) is -0.669. The normalized spacial score (nSPS) is 18.4. The van der Waals surface area contributed by atoms with Crippen molar-refractivity contribution in [1.29, 1.82) is 0 Å². The molecule has 0 spiro atoms. The molecule has 0 radical (unpaired) electrons. The van der Waals surface area contributed by atoms with Crippen LogP contribution in [-0.2, 0) is 16.0 Å². The number of rotatable bonds is 4. The van der Waals surface area contributed by atoms with E-state index in [2.05, 4.69) is 9.97 Å². The van der Waals surface area contributed by atoms with Gasteiger partial charge < -0.3 is 24.5 Å². The number of carboxylic acids is 1. The number of nitrogens with one attached hydrogen (secondary N) is 1. The van der Waals surface area contributed by atoms with Crippen LogP contribution < -0.4 is 45.1 Å². The molecule has 2 rings (SSSR count). The molecule has 1 N–H and O–H groups in total. The largest absolute Gasteiger partial charge is 1.00 e. The van der Waals surface area contributed by atoms with Crippen molar-refractivity contribution in [3.63, 3.8) is 0 Å². The van der Waals surface area contributed by atoms with Crippen molar-refractivity contribution < 1.29 is 44.2 Å². The Morgan fingerprint density at radius 1 is 1.65 bits per heavy atom. The minimum Gasteiger partial charge on any atom is -0.550 e. The summed E-state index contributed by atoms with van der Waals surface area (Å²) in [6.45, 7) is 3.89. The molecular formula is C12H16N3NaO4. The van der Waals surface area contributed by atoms with E-state index in [0.717, 1.165) is 6.42 Å². The number of carbonyl (C=O) groups is 1. The Kier molecular flexibility index (Phi) is 6.67. The van der Waals surface area contributed by atoms with E-state index >= 15 is 0 Å². The second-order valence-corrected chi connectivity index (χ2v) is 4.45. The molecule has 0 bridgehead atoms. The third-order valence-electron chi connectivity index (χ3n) is 3.01. The third kappa shape index (κ3) is 4.59. The Bertz CT molecular complexity index is 520. The molecular weight excluding hydrogens is 273 g/mol. The van der Waals surface area contributed by atoms with E-state index in [4.69, 9.17) is 4.74 Å². The fourth-order valence-corrected chi connectivity index (χ4v) is 2.05. The number of hydrogen-bond donors (Lipinski definition) is 1. The van der Waals surface area contributed by atoms with Crippen LogP contribution in [0.4, 0.5) is 5.82 Å². The molecule has 0 amide bonds. The summed E-state index contributed by atoms with van der Waals surface area (Å²) in [6, 6.07) is 1.37. The number of hydrogen-bond acceptors (Lipinski definition) is 6. The summed E-state index contributed by atoms with van der Waals surface area (Å²) in [5.41, 5.74) is -0.360. The molecule has 1 aliphatic heterocycles. The molecule has 20 heavy (non-hydrogen) atoms. The van der Waals surface area contributed by atoms with Crippen LogP contribution in [-0.4, -0.2) is 41.7 Å². The molecule has 1 aromatic rings. The van der Waals surface area contributed by atoms with Gasteiger partial charge in [0.2, 0.25) is 0 Å². The molecule has 0 saturated carbocycles. The second kappa shape index (κ2) is 7.78. The summed E-state index contributed by atoms with van der Waals surface area (Å²) >= 11 is 0. The van der Waals surface area contributed by atoms with Crippen LogP contribution >= 0.6 is 0 Å². The van der Waals surface area contributed by atoms with Gasteiger partial charge in [0.15, 0.2) is 0 Å². The molecule has 104 valence electrons. The van der Waals surface area contributed by atoms with E-state index in [1.807, 2.05) is 11.8 Å². The van der Waals surface area contributed by atoms with Gasteiger partial charge in [-0.25, -0.2) is 4.98 Å². The zero-order valence-electron chi connectivity index (χ0n) is 11.7. The van der Waals surface area contributed by atoms with Crippen molar-refractivity contribution in [3.8, 4) is 0 Å². The van der Waals surface area contributed by atoms with Gasteiger partial charge in [-0.3, -0.25) is 4.79 Å². The Labute approximate surface area is 138 Å². The number of aromatic amines is 1. The number of aliphatic carboxylic acids is 1. The zero-order chi connectivity index (χ0) is 13.8. The number of aromatic nitrogens is 2. The fraction of sp³-hybridized carbons (Fsp3) is 0.583. The van der Waals surface area contributed by atoms with Gasteiger partial charge in [-0.1, -0.05) is 6.92 Å². The summed E-state index contributed by atoms with van der Waals surface area (Å²) in [4.78, 5) is 30.6. The maximum Gasteiger partial charge on any atom is 1.00 e. The van der Waals surface area contributed by atoms with Crippen LogP contribution in [0.15, 0.2) is 10.9 Å². The van der Waals surface area contributed by atoms with Crippen molar-refractivity contribution in [3.05, 3.63) is 22.2 Å². The Balaban J connectivity index is 0.00000200. The van der Waals surface area contributed by atoms with Gasteiger partial charge in [0.1, 0.15) is 11.6 Å². The van der Waals surface area contributed by atoms with Gasteiger partial charge in [0.05, 0.1) is 12.7 Å². The number of anilines is 1. The van der Waals surface area contributed by atoms with E-state index < -0.39 is 12.4 Å². The molecule has 1 atom stereocenters. The predicted molar refractivity (Wildman–Crippen MR) is 65.8 cm³/mol. The van der Waals surface area contributed by atoms with Crippen LogP contribution in [0, 0.1) is 0 Å². The average Bonchev–Trinajstić information content (AvgIpc) is 2.37. The van der Waals surface area contributed by atoms with E-state index in [9.17, 15) is 14.7 Å². The van der Waals surface area contributed by atoms with E-state index in [-0.39, 0.29) is 47.0 Å². The summed E-state index contributed by atoms with van der Waals surface area (Å²) in [7, 11) is 0. The number of morpholine rings is 1. The second-order valence-electron chi connectivity index (χ2n) is 4.45. The molecule has 8 heteroatoms. The van der Waals surface area contributed by atoms with Crippen LogP contribution in [0.3, 0.4) is 0 Å². The molecule has 1 fully saturated rings. The summed E-state index contributed by atoms with van der Waals surface area (Å²) in [6.07, 6.45) is 0.593. The van der Waals surface area contributed by atoms with E-state index in [0.29, 0.717) is 25.5 Å². The van der Waals surface area contributed by atoms with Crippen molar-refractivity contribution >= 4 is 11.8 Å². The first-order chi connectivity index (χ1) is 9.08. The Hall–Kier alpha value is -0.890. The van der Waals surface area contributed by atoms with Crippen molar-refractivity contribution in [2.75, 3.05) is 24.6 Å². The average molecular weight is 289 g/mol. The number of nitrogens with zero attached hydrogens (tertiary/aromatic N) is 2. The van der Waals surface area contributed by atoms with E-state index in [1.165, 1.54) is 6.07 Å². The Morgan fingerprint density at radius 3 is 3.05 bits per heavy atom. The monoisotopic (exact) mass is 289 g/mol. The maximum absolute atomic E-state index is 11.5. The van der Waals surface area contributed by atoms with Crippen LogP contribution in [0.25, 0.3) is 0 Å². The number of H-pyrrole nitrogens is 1. The standard InChI is InChI=1S/C12H17N3O4.Na/c1-2-8-7-15(3-4-19-8)10-6-11(16)14-9(13-10)5-12(17)18;/h6,8H,2-5,7H2,1H3,(H,17,18)(H,13,14,16);/q;+1/p-1. The SMILES string of the molecule is CCC1CN(c2cc(=O)[nH]c(CC(=O)[O-])n2)CCO1.[Na+]. The van der Waals surface area contributed by atoms with Gasteiger partial charge in [0, 0.05) is 31.5 Å². The molecule has 1 unspecified atom stereocenters. The molecule has 7 nitrogen and oxygen atoms in total. The van der Waals surface area contributed by atoms with Crippen LogP contribution in [0.5, 0.6) is 0 Å². The molecule has 2 heterocycles. The molecule has 1 aliphatic rings. The van der Waals surface area contributed by atoms with Gasteiger partial charge in [-0.15, -0.1) is 0 Å². The molecule has 0 aromatic carbocycles. The smallest absolute Gasteiger partial charge is 0.550 e. The third-order valence-corrected chi connectivity index (χ3v) is 3.01. The van der Waals surface area contributed by atoms with Gasteiger partial charge in [0.25, 0.3) is 5.56 Å². The van der Waals surface area contributed by atoms with Gasteiger partial charge >= 0.3 is 29.6 Å². The topological polar surface area (TPSA) is 98.4 Å². The first-order valence-corrected chi connectivity index (χ1v) is 6.25. The van der Waals surface area contributed by atoms with Gasteiger partial charge in [-0.2, -0.15) is 0 Å². The summed E-state index contributed by atoms with van der Waals surface area (Å²) < 4.78 is 5.54. The molecule has 0 aliphatic carbocycles. The van der Waals surface area contributed by atoms with Crippen molar-refractivity contribution in [2.45, 2.75) is 25.9 Å². The molecule has 1 aromatic heterocycles. The minimum atomic E-state index is -1.27. The first kappa shape index (κ1) is 17.2. The quantitative estimate of drug-likeness (QED) is 0.563. The van der Waals surface area contributed by atoms with Crippen LogP contribution in [0.2, 0.25) is 0 Å². The number of ether oxygens (including phenoxy) is 1. The molecule has 1 saturated heterocycles. The predicted octanol–water partition coefficient (Wildman–Crippen LogP) is -4.32. The van der Waals surface area contributed by atoms with Crippen molar-refractivity contribution in [2.24, 2.45) is 0 Å². The fourth-order valence-electron chi connectivity index (χ4n) is 2.05. The Morgan fingerprint density at radius 2 is 2.40 bits per heavy atom. The summed E-state index contributed by atoms with van der Waals surface area (Å²) in [5, 5.41) is 10.6. The van der Waals surface area contributed by atoms with E-state index in [1.54, 1.807) is 0 Å². The van der Waals surface area contributed by atoms with Crippen molar-refractivity contribution in [1.82, 2.24) is 9.97 Å².